The van der Waals surface area contributed by atoms with Crippen LogP contribution >= 0.6 is 0 Å². The second-order valence-corrected chi connectivity index (χ2v) is 8.02. The number of hydrogen-bond acceptors (Lipinski definition) is 4. The van der Waals surface area contributed by atoms with Gasteiger partial charge < -0.3 is 10.2 Å². The Morgan fingerprint density at radius 2 is 1.93 bits per heavy atom. The van der Waals surface area contributed by atoms with Gasteiger partial charge in [-0.25, -0.2) is 0 Å². The number of rotatable bonds is 5. The number of hydrogen-bond donors (Lipinski definition) is 1. The van der Waals surface area contributed by atoms with Crippen molar-refractivity contribution >= 4 is 11.8 Å². The van der Waals surface area contributed by atoms with E-state index in [4.69, 9.17) is 0 Å². The van der Waals surface area contributed by atoms with E-state index in [-0.39, 0.29) is 11.8 Å². The molecule has 0 radical (unpaired) electrons. The van der Waals surface area contributed by atoms with Gasteiger partial charge in [0.15, 0.2) is 0 Å². The minimum absolute atomic E-state index is 0.209. The van der Waals surface area contributed by atoms with Gasteiger partial charge in [0.2, 0.25) is 5.91 Å². The van der Waals surface area contributed by atoms with Crippen molar-refractivity contribution in [3.05, 3.63) is 82.9 Å². The van der Waals surface area contributed by atoms with Crippen molar-refractivity contribution in [2.75, 3.05) is 0 Å². The number of nitrogens with one attached hydrogen (secondary N) is 1. The lowest BCUT2D eigenvalue weighted by molar-refractivity contribution is -0.133. The number of benzene rings is 1. The van der Waals surface area contributed by atoms with Crippen molar-refractivity contribution in [3.63, 3.8) is 0 Å². The molecular weight excluding hydrogens is 378 g/mol. The first-order chi connectivity index (χ1) is 14.4. The summed E-state index contributed by atoms with van der Waals surface area (Å²) in [6, 6.07) is 13.5. The Balaban J connectivity index is 1.63. The zero-order valence-corrected chi connectivity index (χ0v) is 17.4. The van der Waals surface area contributed by atoms with Gasteiger partial charge in [-0.15, -0.1) is 0 Å². The molecule has 0 spiro atoms. The predicted molar refractivity (Wildman–Crippen MR) is 113 cm³/mol. The molecular formula is C23H25N5O2. The van der Waals surface area contributed by atoms with Gasteiger partial charge in [-0.3, -0.25) is 19.3 Å². The highest BCUT2D eigenvalue weighted by Gasteiger charge is 2.47. The molecule has 30 heavy (non-hydrogen) atoms. The summed E-state index contributed by atoms with van der Waals surface area (Å²) in [5.74, 6) is -0.419. The van der Waals surface area contributed by atoms with Crippen LogP contribution in [0, 0.1) is 13.8 Å². The van der Waals surface area contributed by atoms with Crippen molar-refractivity contribution in [2.45, 2.75) is 45.9 Å². The van der Waals surface area contributed by atoms with Crippen molar-refractivity contribution in [3.8, 4) is 0 Å². The fourth-order valence-corrected chi connectivity index (χ4v) is 3.77. The van der Waals surface area contributed by atoms with Gasteiger partial charge >= 0.3 is 0 Å². The van der Waals surface area contributed by atoms with Crippen LogP contribution in [0.2, 0.25) is 0 Å². The highest BCUT2D eigenvalue weighted by molar-refractivity contribution is 5.99. The summed E-state index contributed by atoms with van der Waals surface area (Å²) in [6.45, 7) is 6.66. The molecule has 1 aliphatic rings. The molecule has 1 aromatic carbocycles. The number of fused-ring (bicyclic) bond motifs is 1. The van der Waals surface area contributed by atoms with E-state index in [0.717, 1.165) is 16.8 Å². The van der Waals surface area contributed by atoms with Gasteiger partial charge in [0.25, 0.3) is 5.91 Å². The van der Waals surface area contributed by atoms with Crippen molar-refractivity contribution in [2.24, 2.45) is 0 Å². The average molecular weight is 403 g/mol. The van der Waals surface area contributed by atoms with Crippen LogP contribution in [0.3, 0.4) is 0 Å². The fraction of sp³-hybridized carbons (Fsp3) is 0.304. The minimum Gasteiger partial charge on any atom is -0.350 e. The lowest BCUT2D eigenvalue weighted by Crippen LogP contribution is -2.63. The summed E-state index contributed by atoms with van der Waals surface area (Å²) >= 11 is 0. The number of carbonyl (C=O) groups excluding carboxylic acids is 2. The number of amides is 2. The van der Waals surface area contributed by atoms with Crippen LogP contribution in [0.15, 0.2) is 54.9 Å². The Labute approximate surface area is 175 Å². The van der Waals surface area contributed by atoms with Crippen LogP contribution in [0.4, 0.5) is 0 Å². The maximum Gasteiger partial charge on any atom is 0.273 e. The fourth-order valence-electron chi connectivity index (χ4n) is 3.77. The van der Waals surface area contributed by atoms with E-state index in [1.165, 1.54) is 5.56 Å². The largest absolute Gasteiger partial charge is 0.350 e. The van der Waals surface area contributed by atoms with E-state index in [0.29, 0.717) is 25.3 Å². The van der Waals surface area contributed by atoms with Crippen molar-refractivity contribution < 1.29 is 9.59 Å². The molecule has 0 aliphatic carbocycles. The molecule has 0 saturated heterocycles. The Bertz CT molecular complexity index is 1070. The van der Waals surface area contributed by atoms with Gasteiger partial charge in [0.1, 0.15) is 11.2 Å². The summed E-state index contributed by atoms with van der Waals surface area (Å²) in [5, 5.41) is 7.44. The molecule has 2 amide bonds. The Morgan fingerprint density at radius 1 is 1.17 bits per heavy atom. The smallest absolute Gasteiger partial charge is 0.273 e. The first-order valence-electron chi connectivity index (χ1n) is 9.96. The van der Waals surface area contributed by atoms with Crippen molar-refractivity contribution in [1.29, 1.82) is 0 Å². The highest BCUT2D eigenvalue weighted by atomic mass is 16.2. The molecule has 2 aromatic heterocycles. The lowest BCUT2D eigenvalue weighted by Gasteiger charge is -2.43. The van der Waals surface area contributed by atoms with Crippen LogP contribution in [-0.4, -0.2) is 37.0 Å². The van der Waals surface area contributed by atoms with E-state index in [1.807, 2.05) is 50.2 Å². The van der Waals surface area contributed by atoms with Crippen LogP contribution in [-0.2, 0) is 24.4 Å². The number of pyridine rings is 1. The summed E-state index contributed by atoms with van der Waals surface area (Å²) in [4.78, 5) is 32.5. The average Bonchev–Trinajstić information content (AvgIpc) is 3.11. The summed E-state index contributed by atoms with van der Waals surface area (Å²) < 4.78 is 1.64. The van der Waals surface area contributed by atoms with E-state index in [2.05, 4.69) is 15.4 Å². The molecule has 0 bridgehead atoms. The number of aryl methyl sites for hydroxylation is 2. The number of carbonyl (C=O) groups is 2. The Kier molecular flexibility index (Phi) is 5.11. The maximum absolute atomic E-state index is 13.4. The van der Waals surface area contributed by atoms with E-state index < -0.39 is 5.54 Å². The lowest BCUT2D eigenvalue weighted by atomic mass is 9.94. The topological polar surface area (TPSA) is 80.1 Å². The Morgan fingerprint density at radius 3 is 2.63 bits per heavy atom. The van der Waals surface area contributed by atoms with Gasteiger partial charge in [-0.05, 0) is 44.0 Å². The van der Waals surface area contributed by atoms with Gasteiger partial charge in [0, 0.05) is 25.5 Å². The standard InChI is InChI=1S/C23H25N5O2/c1-16-6-8-18(9-7-16)13-25-22(30)23(3)15-28-20(11-17(2)26-28)21(29)27(23)14-19-5-4-10-24-12-19/h4-12H,13-15H2,1-3H3,(H,25,30). The third-order valence-corrected chi connectivity index (χ3v) is 5.55. The van der Waals surface area contributed by atoms with E-state index >= 15 is 0 Å². The van der Waals surface area contributed by atoms with Crippen LogP contribution in [0.5, 0.6) is 0 Å². The van der Waals surface area contributed by atoms with E-state index in [1.54, 1.807) is 35.0 Å². The van der Waals surface area contributed by atoms with Crippen LogP contribution in [0.25, 0.3) is 0 Å². The maximum atomic E-state index is 13.4. The molecule has 3 heterocycles. The monoisotopic (exact) mass is 403 g/mol. The minimum atomic E-state index is -1.08. The molecule has 7 heteroatoms. The van der Waals surface area contributed by atoms with Crippen LogP contribution in [0.1, 0.15) is 39.8 Å². The highest BCUT2D eigenvalue weighted by Crippen LogP contribution is 2.29. The summed E-state index contributed by atoms with van der Waals surface area (Å²) in [7, 11) is 0. The molecule has 0 fully saturated rings. The zero-order chi connectivity index (χ0) is 21.3. The van der Waals surface area contributed by atoms with Gasteiger partial charge in [0.05, 0.1) is 12.2 Å². The third-order valence-electron chi connectivity index (χ3n) is 5.55. The third kappa shape index (κ3) is 3.70. The molecule has 1 aliphatic heterocycles. The molecule has 0 saturated carbocycles. The normalized spacial score (nSPS) is 18.2. The van der Waals surface area contributed by atoms with Gasteiger partial charge in [-0.1, -0.05) is 35.9 Å². The van der Waals surface area contributed by atoms with E-state index in [9.17, 15) is 9.59 Å². The molecule has 1 N–H and O–H groups in total. The predicted octanol–water partition coefficient (Wildman–Crippen LogP) is 2.63. The second kappa shape index (κ2) is 7.74. The molecule has 3 aromatic rings. The van der Waals surface area contributed by atoms with Crippen LogP contribution < -0.4 is 5.32 Å². The molecule has 7 nitrogen and oxygen atoms in total. The first-order valence-corrected chi connectivity index (χ1v) is 9.96. The summed E-state index contributed by atoms with van der Waals surface area (Å²) in [5.41, 5.74) is 3.22. The number of aromatic nitrogens is 3. The second-order valence-electron chi connectivity index (χ2n) is 8.02. The molecule has 4 rings (SSSR count). The first kappa shape index (κ1) is 19.8. The summed E-state index contributed by atoms with van der Waals surface area (Å²) in [6.07, 6.45) is 3.41. The quantitative estimate of drug-likeness (QED) is 0.710. The Hall–Kier alpha value is -3.48. The molecule has 1 atom stereocenters. The zero-order valence-electron chi connectivity index (χ0n) is 17.4. The molecule has 1 unspecified atom stereocenters. The SMILES string of the molecule is Cc1ccc(CNC(=O)C2(C)Cn3nc(C)cc3C(=O)N2Cc2cccnc2)cc1. The molecule has 154 valence electrons. The van der Waals surface area contributed by atoms with Crippen molar-refractivity contribution in [1.82, 2.24) is 25.0 Å². The number of nitrogens with zero attached hydrogens (tertiary/aromatic N) is 4. The van der Waals surface area contributed by atoms with Gasteiger partial charge in [-0.2, -0.15) is 5.10 Å².